The molecule has 0 saturated carbocycles. The van der Waals surface area contributed by atoms with Crippen molar-refractivity contribution in [3.05, 3.63) is 74.7 Å². The van der Waals surface area contributed by atoms with Crippen molar-refractivity contribution < 1.29 is 32.7 Å². The van der Waals surface area contributed by atoms with Gasteiger partial charge < -0.3 is 24.9 Å². The molecule has 0 aliphatic carbocycles. The molecule has 3 rings (SSSR count). The van der Waals surface area contributed by atoms with E-state index in [1.54, 1.807) is 32.1 Å². The van der Waals surface area contributed by atoms with Crippen molar-refractivity contribution in [1.29, 1.82) is 0 Å². The Bertz CT molecular complexity index is 1220. The molecule has 0 unspecified atom stereocenters. The largest absolute Gasteiger partial charge is 0.445 e. The predicted molar refractivity (Wildman–Crippen MR) is 138 cm³/mol. The normalized spacial score (nSPS) is 16.9. The van der Waals surface area contributed by atoms with Gasteiger partial charge in [0.2, 0.25) is 0 Å². The fourth-order valence-corrected chi connectivity index (χ4v) is 4.33. The zero-order valence-electron chi connectivity index (χ0n) is 21.4. The van der Waals surface area contributed by atoms with Crippen molar-refractivity contribution in [1.82, 2.24) is 19.4 Å². The van der Waals surface area contributed by atoms with Crippen LogP contribution in [0, 0.1) is 10.1 Å². The predicted octanol–water partition coefficient (Wildman–Crippen LogP) is 4.63. The quantitative estimate of drug-likeness (QED) is 0.265. The van der Waals surface area contributed by atoms with Crippen LogP contribution in [0.3, 0.4) is 0 Å². The summed E-state index contributed by atoms with van der Waals surface area (Å²) in [4.78, 5) is 30.0. The molecule has 0 spiro atoms. The summed E-state index contributed by atoms with van der Waals surface area (Å²) in [5, 5.41) is 21.6. The number of aromatic nitrogens is 2. The van der Waals surface area contributed by atoms with Gasteiger partial charge in [0.1, 0.15) is 12.8 Å². The fraction of sp³-hybridized carbons (Fsp3) is 0.440. The molecular formula is C25H29ClF3N5O5. The maximum absolute atomic E-state index is 12.8. The molecule has 1 saturated heterocycles. The molecule has 1 amide bonds. The Labute approximate surface area is 228 Å². The van der Waals surface area contributed by atoms with Gasteiger partial charge >= 0.3 is 23.4 Å². The summed E-state index contributed by atoms with van der Waals surface area (Å²) in [6, 6.07) is 4.69. The molecule has 0 bridgehead atoms. The van der Waals surface area contributed by atoms with Crippen LogP contribution in [0.4, 0.5) is 23.8 Å². The van der Waals surface area contributed by atoms with Crippen LogP contribution in [0.25, 0.3) is 6.08 Å². The van der Waals surface area contributed by atoms with E-state index in [0.29, 0.717) is 37.3 Å². The van der Waals surface area contributed by atoms with Gasteiger partial charge in [-0.25, -0.2) is 4.79 Å². The Kier molecular flexibility index (Phi) is 9.75. The Balaban J connectivity index is 1.50. The Morgan fingerprint density at radius 3 is 2.38 bits per heavy atom. The number of rotatable bonds is 9. The monoisotopic (exact) mass is 571 g/mol. The summed E-state index contributed by atoms with van der Waals surface area (Å²) in [5.41, 5.74) is -0.863. The van der Waals surface area contributed by atoms with Gasteiger partial charge in [-0.05, 0) is 64.7 Å². The second-order valence-electron chi connectivity index (χ2n) is 9.41. The molecule has 1 N–H and O–H groups in total. The number of alkyl halides is 3. The van der Waals surface area contributed by atoms with Crippen molar-refractivity contribution in [3.63, 3.8) is 0 Å². The van der Waals surface area contributed by atoms with Crippen molar-refractivity contribution in [2.45, 2.75) is 32.2 Å². The average Bonchev–Trinajstić information content (AvgIpc) is 3.22. The van der Waals surface area contributed by atoms with E-state index >= 15 is 0 Å². The molecule has 2 heterocycles. The van der Waals surface area contributed by atoms with Gasteiger partial charge in [0.15, 0.2) is 0 Å². The topological polar surface area (TPSA) is 114 Å². The van der Waals surface area contributed by atoms with Crippen molar-refractivity contribution in [2.24, 2.45) is 0 Å². The number of nitrogens with zero attached hydrogens (tertiary/aromatic N) is 5. The standard InChI is InChI=1S/C25H29ClF3N5O5/c1-3-4-19(13-18-5-7-20(8-6-18)25(27,28)29)15-39-23(35)32-11-9-31(10-12-32)16-24(2,36)17-33-14-21(34(37)38)30-22(33)26/h3-8,13-14,36H,9-12,15-17H2,1-2H3/t24-/m0/s1. The number of nitro groups is 1. The minimum absolute atomic E-state index is 0.00603. The molecule has 39 heavy (non-hydrogen) atoms. The van der Waals surface area contributed by atoms with Crippen LogP contribution in [0.15, 0.2) is 48.2 Å². The maximum atomic E-state index is 12.8. The SMILES string of the molecule is CC=CC(=Cc1ccc(C(F)(F)F)cc1)COC(=O)N1CCN(C[C@](C)(O)Cn2cc([N+](=O)[O-])nc2Cl)CC1. The lowest BCUT2D eigenvalue weighted by molar-refractivity contribution is -0.389. The minimum atomic E-state index is -4.42. The van der Waals surface area contributed by atoms with Crippen LogP contribution in [0.5, 0.6) is 0 Å². The summed E-state index contributed by atoms with van der Waals surface area (Å²) in [6.45, 7) is 5.17. The van der Waals surface area contributed by atoms with Crippen molar-refractivity contribution >= 4 is 29.6 Å². The Hall–Kier alpha value is -3.42. The third-order valence-electron chi connectivity index (χ3n) is 5.94. The number of halogens is 4. The lowest BCUT2D eigenvalue weighted by Crippen LogP contribution is -2.53. The van der Waals surface area contributed by atoms with Crippen LogP contribution in [0.1, 0.15) is 25.0 Å². The van der Waals surface area contributed by atoms with E-state index in [2.05, 4.69) is 4.98 Å². The van der Waals surface area contributed by atoms with Gasteiger partial charge in [-0.15, -0.1) is 0 Å². The van der Waals surface area contributed by atoms with Crippen LogP contribution >= 0.6 is 11.6 Å². The number of hydrogen-bond donors (Lipinski definition) is 1. The Morgan fingerprint density at radius 2 is 1.85 bits per heavy atom. The van der Waals surface area contributed by atoms with Gasteiger partial charge in [0, 0.05) is 32.7 Å². The zero-order valence-corrected chi connectivity index (χ0v) is 22.2. The molecule has 1 aromatic heterocycles. The molecule has 212 valence electrons. The summed E-state index contributed by atoms with van der Waals surface area (Å²) < 4.78 is 45.1. The molecule has 10 nitrogen and oxygen atoms in total. The third kappa shape index (κ3) is 8.80. The van der Waals surface area contributed by atoms with Gasteiger partial charge in [-0.2, -0.15) is 13.2 Å². The first-order chi connectivity index (χ1) is 18.3. The molecule has 14 heteroatoms. The van der Waals surface area contributed by atoms with Crippen molar-refractivity contribution in [3.8, 4) is 0 Å². The smallest absolute Gasteiger partial charge is 0.416 e. The molecule has 1 aliphatic rings. The number of amides is 1. The van der Waals surface area contributed by atoms with Crippen LogP contribution in [0.2, 0.25) is 5.28 Å². The maximum Gasteiger partial charge on any atom is 0.416 e. The summed E-state index contributed by atoms with van der Waals surface area (Å²) >= 11 is 5.95. The summed E-state index contributed by atoms with van der Waals surface area (Å²) in [6.07, 6.45) is 1.32. The van der Waals surface area contributed by atoms with E-state index in [4.69, 9.17) is 16.3 Å². The molecular weight excluding hydrogens is 543 g/mol. The zero-order chi connectivity index (χ0) is 28.8. The molecule has 1 atom stereocenters. The first-order valence-electron chi connectivity index (χ1n) is 12.0. The van der Waals surface area contributed by atoms with Gasteiger partial charge in [0.05, 0.1) is 17.7 Å². The number of ether oxygens (including phenoxy) is 1. The van der Waals surface area contributed by atoms with E-state index in [9.17, 15) is 33.2 Å². The van der Waals surface area contributed by atoms with Crippen molar-refractivity contribution in [2.75, 3.05) is 39.3 Å². The van der Waals surface area contributed by atoms with E-state index in [1.807, 2.05) is 4.90 Å². The first-order valence-corrected chi connectivity index (χ1v) is 12.4. The van der Waals surface area contributed by atoms with E-state index in [-0.39, 0.29) is 25.0 Å². The van der Waals surface area contributed by atoms with Gasteiger partial charge in [0.25, 0.3) is 0 Å². The second kappa shape index (κ2) is 12.6. The molecule has 2 aromatic rings. The number of carbonyl (C=O) groups excluding carboxylic acids is 1. The van der Waals surface area contributed by atoms with Crippen LogP contribution in [-0.2, 0) is 17.5 Å². The van der Waals surface area contributed by atoms with E-state index in [0.717, 1.165) is 12.1 Å². The minimum Gasteiger partial charge on any atom is -0.445 e. The number of piperazine rings is 1. The number of carbonyl (C=O) groups is 1. The highest BCUT2D eigenvalue weighted by atomic mass is 35.5. The summed E-state index contributed by atoms with van der Waals surface area (Å²) in [5.74, 6) is -0.408. The lowest BCUT2D eigenvalue weighted by Gasteiger charge is -2.37. The Morgan fingerprint density at radius 1 is 1.21 bits per heavy atom. The van der Waals surface area contributed by atoms with Crippen LogP contribution in [-0.4, -0.2) is 80.4 Å². The second-order valence-corrected chi connectivity index (χ2v) is 9.74. The lowest BCUT2D eigenvalue weighted by atomic mass is 10.1. The number of hydrogen-bond acceptors (Lipinski definition) is 7. The fourth-order valence-electron chi connectivity index (χ4n) is 4.14. The third-order valence-corrected chi connectivity index (χ3v) is 6.24. The molecule has 1 fully saturated rings. The average molecular weight is 572 g/mol. The number of allylic oxidation sites excluding steroid dienone is 1. The number of aliphatic hydroxyl groups is 1. The van der Waals surface area contributed by atoms with E-state index < -0.39 is 34.2 Å². The highest BCUT2D eigenvalue weighted by Gasteiger charge is 2.31. The van der Waals surface area contributed by atoms with Crippen LogP contribution < -0.4 is 0 Å². The highest BCUT2D eigenvalue weighted by Crippen LogP contribution is 2.29. The molecule has 0 radical (unpaired) electrons. The van der Waals surface area contributed by atoms with Gasteiger partial charge in [-0.1, -0.05) is 24.3 Å². The number of β-amino-alcohol motifs (C(OH)–C–C–N with tert-alkyl or cyclic N) is 1. The van der Waals surface area contributed by atoms with Gasteiger partial charge in [-0.3, -0.25) is 9.47 Å². The summed E-state index contributed by atoms with van der Waals surface area (Å²) in [7, 11) is 0. The molecule has 1 aliphatic heterocycles. The first kappa shape index (κ1) is 30.1. The number of benzene rings is 1. The molecule has 1 aromatic carbocycles. The van der Waals surface area contributed by atoms with E-state index in [1.165, 1.54) is 27.8 Å². The number of imidazole rings is 1. The highest BCUT2D eigenvalue weighted by molar-refractivity contribution is 6.28.